The van der Waals surface area contributed by atoms with E-state index in [9.17, 15) is 4.79 Å². The van der Waals surface area contributed by atoms with Crippen molar-refractivity contribution in [3.8, 4) is 0 Å². The van der Waals surface area contributed by atoms with Crippen LogP contribution in [0.2, 0.25) is 0 Å². The van der Waals surface area contributed by atoms with Gasteiger partial charge in [-0.1, -0.05) is 19.8 Å². The van der Waals surface area contributed by atoms with Crippen LogP contribution in [0.5, 0.6) is 0 Å². The van der Waals surface area contributed by atoms with Gasteiger partial charge in [-0.3, -0.25) is 4.79 Å². The van der Waals surface area contributed by atoms with Gasteiger partial charge in [-0.2, -0.15) is 0 Å². The lowest BCUT2D eigenvalue weighted by molar-refractivity contribution is -0.145. The van der Waals surface area contributed by atoms with E-state index < -0.39 is 0 Å². The largest absolute Gasteiger partial charge is 0.339 e. The number of likely N-dealkylation sites (tertiary alicyclic amines) is 1. The summed E-state index contributed by atoms with van der Waals surface area (Å²) in [4.78, 5) is 15.3. The number of nitrogens with zero attached hydrogens (tertiary/aromatic N) is 1. The molecular weight excluding hydrogens is 248 g/mol. The van der Waals surface area contributed by atoms with Crippen LogP contribution in [0.3, 0.4) is 0 Å². The Labute approximate surface area is 123 Å². The van der Waals surface area contributed by atoms with Crippen molar-refractivity contribution in [2.45, 2.75) is 76.8 Å². The van der Waals surface area contributed by atoms with Gasteiger partial charge in [0, 0.05) is 24.5 Å². The summed E-state index contributed by atoms with van der Waals surface area (Å²) in [5, 5.41) is 0. The summed E-state index contributed by atoms with van der Waals surface area (Å²) in [5.74, 6) is 1.97. The second-order valence-electron chi connectivity index (χ2n) is 7.44. The van der Waals surface area contributed by atoms with E-state index in [1.165, 1.54) is 38.5 Å². The second-order valence-corrected chi connectivity index (χ2v) is 7.44. The van der Waals surface area contributed by atoms with E-state index in [2.05, 4.69) is 11.8 Å². The summed E-state index contributed by atoms with van der Waals surface area (Å²) < 4.78 is 0. The first-order valence-corrected chi connectivity index (χ1v) is 8.73. The Balaban J connectivity index is 1.69. The van der Waals surface area contributed by atoms with Crippen molar-refractivity contribution < 1.29 is 4.79 Å². The van der Waals surface area contributed by atoms with Crippen LogP contribution in [0.15, 0.2) is 0 Å². The maximum atomic E-state index is 13.0. The molecule has 5 unspecified atom stereocenters. The number of nitrogens with two attached hydrogens (primary N) is 1. The summed E-state index contributed by atoms with van der Waals surface area (Å²) >= 11 is 0. The van der Waals surface area contributed by atoms with E-state index in [0.29, 0.717) is 23.9 Å². The van der Waals surface area contributed by atoms with Crippen molar-refractivity contribution in [2.75, 3.05) is 6.54 Å². The zero-order valence-corrected chi connectivity index (χ0v) is 12.9. The third-order valence-electron chi connectivity index (χ3n) is 6.05. The van der Waals surface area contributed by atoms with Gasteiger partial charge < -0.3 is 10.6 Å². The number of amides is 1. The Hall–Kier alpha value is -0.570. The van der Waals surface area contributed by atoms with Gasteiger partial charge in [-0.25, -0.2) is 0 Å². The van der Waals surface area contributed by atoms with Crippen molar-refractivity contribution in [1.82, 2.24) is 4.90 Å². The third kappa shape index (κ3) is 2.74. The Morgan fingerprint density at radius 3 is 2.60 bits per heavy atom. The number of carbonyl (C=O) groups is 1. The van der Waals surface area contributed by atoms with E-state index in [1.807, 2.05) is 0 Å². The van der Waals surface area contributed by atoms with Gasteiger partial charge in [-0.15, -0.1) is 0 Å². The van der Waals surface area contributed by atoms with Gasteiger partial charge >= 0.3 is 0 Å². The Kier molecular flexibility index (Phi) is 4.34. The lowest BCUT2D eigenvalue weighted by atomic mass is 9.74. The molecule has 3 fully saturated rings. The minimum atomic E-state index is 0.246. The summed E-state index contributed by atoms with van der Waals surface area (Å²) in [7, 11) is 0. The fourth-order valence-corrected chi connectivity index (χ4v) is 4.92. The number of carbonyl (C=O) groups excluding carboxylic acids is 1. The molecule has 1 heterocycles. The minimum absolute atomic E-state index is 0.246. The molecule has 3 nitrogen and oxygen atoms in total. The molecule has 1 aliphatic heterocycles. The summed E-state index contributed by atoms with van der Waals surface area (Å²) in [6.45, 7) is 3.24. The van der Waals surface area contributed by atoms with Gasteiger partial charge in [0.2, 0.25) is 5.91 Å². The zero-order valence-electron chi connectivity index (χ0n) is 12.9. The van der Waals surface area contributed by atoms with Crippen LogP contribution in [-0.2, 0) is 4.79 Å². The van der Waals surface area contributed by atoms with Gasteiger partial charge in [0.15, 0.2) is 0 Å². The van der Waals surface area contributed by atoms with Crippen LogP contribution < -0.4 is 5.73 Å². The van der Waals surface area contributed by atoms with Gasteiger partial charge in [0.05, 0.1) is 0 Å². The third-order valence-corrected chi connectivity index (χ3v) is 6.05. The van der Waals surface area contributed by atoms with Crippen LogP contribution >= 0.6 is 0 Å². The molecule has 0 radical (unpaired) electrons. The second kappa shape index (κ2) is 6.05. The van der Waals surface area contributed by atoms with Crippen LogP contribution in [0, 0.1) is 17.8 Å². The molecule has 1 amide bonds. The van der Waals surface area contributed by atoms with E-state index in [0.717, 1.165) is 31.7 Å². The van der Waals surface area contributed by atoms with Crippen LogP contribution in [0.4, 0.5) is 0 Å². The van der Waals surface area contributed by atoms with Gasteiger partial charge in [0.1, 0.15) is 0 Å². The standard InChI is InChI=1S/C17H30N2O/c1-12-11-14(18)8-9-15(12)17(20)19-10-4-6-13-5-2-3-7-16(13)19/h12-16H,2-11,18H2,1H3. The first kappa shape index (κ1) is 14.4. The molecule has 1 saturated heterocycles. The molecular formula is C17H30N2O. The van der Waals surface area contributed by atoms with Crippen LogP contribution in [-0.4, -0.2) is 29.4 Å². The van der Waals surface area contributed by atoms with Crippen molar-refractivity contribution in [3.63, 3.8) is 0 Å². The highest BCUT2D eigenvalue weighted by Crippen LogP contribution is 2.38. The number of rotatable bonds is 1. The molecule has 114 valence electrons. The fourth-order valence-electron chi connectivity index (χ4n) is 4.92. The summed E-state index contributed by atoms with van der Waals surface area (Å²) in [6, 6.07) is 0.880. The van der Waals surface area contributed by atoms with E-state index in [4.69, 9.17) is 5.73 Å². The van der Waals surface area contributed by atoms with Crippen molar-refractivity contribution in [3.05, 3.63) is 0 Å². The molecule has 3 aliphatic rings. The summed E-state index contributed by atoms with van der Waals surface area (Å²) in [6.07, 6.45) is 10.9. The Morgan fingerprint density at radius 1 is 1.05 bits per heavy atom. The molecule has 0 aromatic carbocycles. The van der Waals surface area contributed by atoms with E-state index in [1.54, 1.807) is 0 Å². The fraction of sp³-hybridized carbons (Fsp3) is 0.941. The zero-order chi connectivity index (χ0) is 14.1. The van der Waals surface area contributed by atoms with Crippen molar-refractivity contribution >= 4 is 5.91 Å². The predicted octanol–water partition coefficient (Wildman–Crippen LogP) is 2.93. The molecule has 20 heavy (non-hydrogen) atoms. The van der Waals surface area contributed by atoms with Gasteiger partial charge in [-0.05, 0) is 56.8 Å². The molecule has 3 rings (SSSR count). The maximum absolute atomic E-state index is 13.0. The Bertz CT molecular complexity index is 355. The molecule has 0 bridgehead atoms. The number of piperidine rings is 1. The molecule has 0 spiro atoms. The number of hydrogen-bond donors (Lipinski definition) is 1. The highest BCUT2D eigenvalue weighted by atomic mass is 16.2. The van der Waals surface area contributed by atoms with Crippen LogP contribution in [0.1, 0.15) is 64.7 Å². The van der Waals surface area contributed by atoms with E-state index >= 15 is 0 Å². The highest BCUT2D eigenvalue weighted by molar-refractivity contribution is 5.79. The molecule has 0 aromatic heterocycles. The molecule has 3 heteroatoms. The molecule has 5 atom stereocenters. The topological polar surface area (TPSA) is 46.3 Å². The molecule has 2 saturated carbocycles. The molecule has 0 aromatic rings. The predicted molar refractivity (Wildman–Crippen MR) is 81.2 cm³/mol. The normalized spacial score (nSPS) is 42.1. The minimum Gasteiger partial charge on any atom is -0.339 e. The first-order chi connectivity index (χ1) is 9.66. The SMILES string of the molecule is CC1CC(N)CCC1C(=O)N1CCCC2CCCCC21. The number of hydrogen-bond acceptors (Lipinski definition) is 2. The molecule has 2 aliphatic carbocycles. The lowest BCUT2D eigenvalue weighted by Crippen LogP contribution is -2.53. The molecule has 2 N–H and O–H groups in total. The monoisotopic (exact) mass is 278 g/mol. The highest BCUT2D eigenvalue weighted by Gasteiger charge is 2.40. The quantitative estimate of drug-likeness (QED) is 0.801. The first-order valence-electron chi connectivity index (χ1n) is 8.73. The van der Waals surface area contributed by atoms with Crippen LogP contribution in [0.25, 0.3) is 0 Å². The average molecular weight is 278 g/mol. The summed E-state index contributed by atoms with van der Waals surface area (Å²) in [5.41, 5.74) is 6.05. The average Bonchev–Trinajstić information content (AvgIpc) is 2.46. The smallest absolute Gasteiger partial charge is 0.226 e. The maximum Gasteiger partial charge on any atom is 0.226 e. The van der Waals surface area contributed by atoms with Crippen molar-refractivity contribution in [1.29, 1.82) is 0 Å². The lowest BCUT2D eigenvalue weighted by Gasteiger charge is -2.46. The van der Waals surface area contributed by atoms with Gasteiger partial charge in [0.25, 0.3) is 0 Å². The number of fused-ring (bicyclic) bond motifs is 1. The van der Waals surface area contributed by atoms with E-state index in [-0.39, 0.29) is 5.92 Å². The van der Waals surface area contributed by atoms with Crippen molar-refractivity contribution in [2.24, 2.45) is 23.5 Å². The Morgan fingerprint density at radius 2 is 1.80 bits per heavy atom.